The predicted octanol–water partition coefficient (Wildman–Crippen LogP) is 4.71. The highest BCUT2D eigenvalue weighted by Crippen LogP contribution is 2.53. The van der Waals surface area contributed by atoms with Gasteiger partial charge in [-0.05, 0) is 62.3 Å². The van der Waals surface area contributed by atoms with Crippen molar-refractivity contribution >= 4 is 25.7 Å². The van der Waals surface area contributed by atoms with E-state index in [0.29, 0.717) is 16.7 Å². The molecular formula is C21H33O10P. The van der Waals surface area contributed by atoms with Crippen molar-refractivity contribution in [2.75, 3.05) is 0 Å². The van der Waals surface area contributed by atoms with Crippen LogP contribution in [-0.4, -0.2) is 36.8 Å². The van der Waals surface area contributed by atoms with Crippen molar-refractivity contribution in [3.63, 3.8) is 0 Å². The molecule has 10 nitrogen and oxygen atoms in total. The van der Waals surface area contributed by atoms with E-state index in [2.05, 4.69) is 0 Å². The van der Waals surface area contributed by atoms with E-state index >= 15 is 0 Å². The van der Waals surface area contributed by atoms with E-state index < -0.39 is 44.6 Å². The lowest BCUT2D eigenvalue weighted by atomic mass is 10.3. The molecular weight excluding hydrogens is 443 g/mol. The lowest BCUT2D eigenvalue weighted by Crippen LogP contribution is -2.25. The normalized spacial score (nSPS) is 17.6. The van der Waals surface area contributed by atoms with Crippen LogP contribution in [0.4, 0.5) is 0 Å². The average molecular weight is 476 g/mol. The van der Waals surface area contributed by atoms with Crippen LogP contribution in [0.3, 0.4) is 0 Å². The first-order valence-corrected chi connectivity index (χ1v) is 11.4. The maximum atomic E-state index is 13.2. The Kier molecular flexibility index (Phi) is 13.0. The summed E-state index contributed by atoms with van der Waals surface area (Å²) >= 11 is 0. The van der Waals surface area contributed by atoms with Crippen LogP contribution in [-0.2, 0) is 46.7 Å². The molecule has 0 fully saturated rings. The van der Waals surface area contributed by atoms with Crippen LogP contribution in [0.5, 0.6) is 0 Å². The van der Waals surface area contributed by atoms with Crippen molar-refractivity contribution in [1.29, 1.82) is 0 Å². The number of hydrogen-bond acceptors (Lipinski definition) is 10. The number of phosphoric ester groups is 1. The van der Waals surface area contributed by atoms with Crippen molar-refractivity contribution in [3.8, 4) is 0 Å². The highest BCUT2D eigenvalue weighted by atomic mass is 31.2. The molecule has 0 aliphatic carbocycles. The number of esters is 3. The van der Waals surface area contributed by atoms with Gasteiger partial charge in [-0.25, -0.2) is 32.5 Å². The van der Waals surface area contributed by atoms with E-state index in [1.165, 1.54) is 59.8 Å². The molecule has 0 saturated carbocycles. The molecule has 0 aromatic carbocycles. The smallest absolute Gasteiger partial charge is 0.432 e. The highest BCUT2D eigenvalue weighted by Gasteiger charge is 2.37. The van der Waals surface area contributed by atoms with Gasteiger partial charge in [0.2, 0.25) is 18.9 Å². The summed E-state index contributed by atoms with van der Waals surface area (Å²) < 4.78 is 44.0. The van der Waals surface area contributed by atoms with Gasteiger partial charge in [0.15, 0.2) is 0 Å². The second kappa shape index (κ2) is 14.0. The molecule has 11 heteroatoms. The Morgan fingerprint density at radius 2 is 0.812 bits per heavy atom. The van der Waals surface area contributed by atoms with Crippen LogP contribution < -0.4 is 0 Å². The molecule has 0 amide bonds. The van der Waals surface area contributed by atoms with E-state index in [4.69, 9.17) is 27.8 Å². The fourth-order valence-electron chi connectivity index (χ4n) is 1.77. The predicted molar refractivity (Wildman–Crippen MR) is 116 cm³/mol. The standard InChI is InChI=1S/C21H33O10P/c1-10-13(4)19(22)26-16(7)29-32(25,30-17(8)27-20(23)14(5)11-2)31-18(9)28-21(24)15(6)12-3/h10-12,16-18H,1-9H3/b13-10+,14-11+,15-12+. The van der Waals surface area contributed by atoms with Gasteiger partial charge >= 0.3 is 25.7 Å². The first-order chi connectivity index (χ1) is 14.8. The monoisotopic (exact) mass is 476 g/mol. The molecule has 0 aromatic rings. The summed E-state index contributed by atoms with van der Waals surface area (Å²) in [4.78, 5) is 35.8. The molecule has 0 aliphatic heterocycles. The number of rotatable bonds is 12. The van der Waals surface area contributed by atoms with E-state index in [0.717, 1.165) is 0 Å². The minimum absolute atomic E-state index is 0.297. The van der Waals surface area contributed by atoms with Crippen LogP contribution in [0.25, 0.3) is 0 Å². The van der Waals surface area contributed by atoms with Crippen molar-refractivity contribution in [3.05, 3.63) is 34.9 Å². The third-order valence-corrected chi connectivity index (χ3v) is 5.58. The number of allylic oxidation sites excluding steroid dienone is 3. The largest absolute Gasteiger partial charge is 0.484 e. The fourth-order valence-corrected chi connectivity index (χ4v) is 3.14. The first-order valence-electron chi connectivity index (χ1n) is 9.95. The van der Waals surface area contributed by atoms with Gasteiger partial charge in [-0.1, -0.05) is 18.2 Å². The molecule has 182 valence electrons. The van der Waals surface area contributed by atoms with Gasteiger partial charge in [-0.15, -0.1) is 0 Å². The van der Waals surface area contributed by atoms with Gasteiger partial charge in [0.05, 0.1) is 0 Å². The molecule has 0 spiro atoms. The molecule has 3 unspecified atom stereocenters. The maximum absolute atomic E-state index is 13.2. The van der Waals surface area contributed by atoms with Gasteiger partial charge in [0.1, 0.15) is 0 Å². The van der Waals surface area contributed by atoms with Crippen LogP contribution in [0.1, 0.15) is 62.3 Å². The molecule has 32 heavy (non-hydrogen) atoms. The summed E-state index contributed by atoms with van der Waals surface area (Å²) in [6.45, 7) is 13.4. The fraction of sp³-hybridized carbons (Fsp3) is 0.571. The van der Waals surface area contributed by atoms with Gasteiger partial charge in [0, 0.05) is 16.7 Å². The Bertz CT molecular complexity index is 707. The van der Waals surface area contributed by atoms with Gasteiger partial charge in [-0.2, -0.15) is 0 Å². The number of hydrogen-bond donors (Lipinski definition) is 0. The molecule has 0 rings (SSSR count). The zero-order chi connectivity index (χ0) is 25.1. The van der Waals surface area contributed by atoms with Crippen LogP contribution in [0.2, 0.25) is 0 Å². The lowest BCUT2D eigenvalue weighted by molar-refractivity contribution is -0.174. The third kappa shape index (κ3) is 10.9. The summed E-state index contributed by atoms with van der Waals surface area (Å²) in [6, 6.07) is 0. The van der Waals surface area contributed by atoms with Gasteiger partial charge in [0.25, 0.3) is 0 Å². The summed E-state index contributed by atoms with van der Waals surface area (Å²) in [7, 11) is -4.56. The zero-order valence-electron chi connectivity index (χ0n) is 20.0. The molecule has 0 saturated heterocycles. The number of ether oxygens (including phenoxy) is 3. The average Bonchev–Trinajstić information content (AvgIpc) is 2.70. The highest BCUT2D eigenvalue weighted by molar-refractivity contribution is 7.48. The van der Waals surface area contributed by atoms with Crippen molar-refractivity contribution in [2.45, 2.75) is 81.2 Å². The second-order valence-electron chi connectivity index (χ2n) is 6.60. The van der Waals surface area contributed by atoms with Gasteiger partial charge < -0.3 is 14.2 Å². The maximum Gasteiger partial charge on any atom is 0.484 e. The van der Waals surface area contributed by atoms with Crippen LogP contribution in [0.15, 0.2) is 34.9 Å². The first kappa shape index (κ1) is 29.7. The minimum Gasteiger partial charge on any atom is -0.432 e. The SMILES string of the molecule is C/C=C(\C)C(=O)OC(C)OP(=O)(OC(C)OC(=O)/C(C)=C/C)OC(C)OC(=O)/C(C)=C/C. The quantitative estimate of drug-likeness (QED) is 0.129. The molecule has 0 radical (unpaired) electrons. The topological polar surface area (TPSA) is 124 Å². The Morgan fingerprint density at radius 3 is 1.00 bits per heavy atom. The minimum atomic E-state index is -4.56. The van der Waals surface area contributed by atoms with E-state index in [-0.39, 0.29) is 0 Å². The van der Waals surface area contributed by atoms with Crippen molar-refractivity contribution in [2.24, 2.45) is 0 Å². The van der Waals surface area contributed by atoms with Crippen LogP contribution in [0, 0.1) is 0 Å². The molecule has 0 bridgehead atoms. The molecule has 0 N–H and O–H groups in total. The summed E-state index contributed by atoms with van der Waals surface area (Å²) in [5.74, 6) is -2.13. The number of phosphoric acid groups is 1. The van der Waals surface area contributed by atoms with E-state index in [1.54, 1.807) is 20.8 Å². The van der Waals surface area contributed by atoms with E-state index in [9.17, 15) is 18.9 Å². The Labute approximate surface area is 189 Å². The Hall–Kier alpha value is -2.26. The molecule has 0 heterocycles. The summed E-state index contributed by atoms with van der Waals surface area (Å²) in [5, 5.41) is 0. The summed E-state index contributed by atoms with van der Waals surface area (Å²) in [6.07, 6.45) is 0.462. The Balaban J connectivity index is 5.51. The van der Waals surface area contributed by atoms with E-state index in [1.807, 2.05) is 0 Å². The van der Waals surface area contributed by atoms with Crippen molar-refractivity contribution < 1.29 is 46.7 Å². The van der Waals surface area contributed by atoms with Crippen molar-refractivity contribution in [1.82, 2.24) is 0 Å². The molecule has 0 aromatic heterocycles. The second-order valence-corrected chi connectivity index (χ2v) is 8.12. The molecule has 0 aliphatic rings. The summed E-state index contributed by atoms with van der Waals surface area (Å²) in [5.41, 5.74) is 0.890. The van der Waals surface area contributed by atoms with Crippen LogP contribution >= 0.6 is 7.82 Å². The zero-order valence-corrected chi connectivity index (χ0v) is 20.9. The third-order valence-electron chi connectivity index (χ3n) is 3.92. The lowest BCUT2D eigenvalue weighted by Gasteiger charge is -2.26. The number of carbonyl (C=O) groups excluding carboxylic acids is 3. The van der Waals surface area contributed by atoms with Gasteiger partial charge in [-0.3, -0.25) is 0 Å². The molecule has 3 atom stereocenters. The number of carbonyl (C=O) groups is 3. The Morgan fingerprint density at radius 1 is 0.594 bits per heavy atom.